The maximum Gasteiger partial charge on any atom is 0.0772 e. The summed E-state index contributed by atoms with van der Waals surface area (Å²) in [6, 6.07) is -0.311. The normalized spacial score (nSPS) is 46.8. The van der Waals surface area contributed by atoms with Gasteiger partial charge in [-0.2, -0.15) is 0 Å². The van der Waals surface area contributed by atoms with Crippen LogP contribution in [0.1, 0.15) is 40.0 Å². The van der Waals surface area contributed by atoms with E-state index in [0.29, 0.717) is 19.3 Å². The molecular formula is C10H21NO2. The second kappa shape index (κ2) is 3.23. The van der Waals surface area contributed by atoms with Crippen molar-refractivity contribution >= 4 is 0 Å². The molecule has 0 bridgehead atoms. The highest BCUT2D eigenvalue weighted by molar-refractivity contribution is 5.00. The third kappa shape index (κ3) is 2.03. The van der Waals surface area contributed by atoms with E-state index in [9.17, 15) is 10.2 Å². The molecule has 0 aliphatic heterocycles. The maximum atomic E-state index is 10.2. The molecule has 0 saturated heterocycles. The molecule has 13 heavy (non-hydrogen) atoms. The van der Waals surface area contributed by atoms with Crippen molar-refractivity contribution in [1.29, 1.82) is 0 Å². The minimum Gasteiger partial charge on any atom is -0.390 e. The van der Waals surface area contributed by atoms with E-state index in [-0.39, 0.29) is 12.0 Å². The predicted molar refractivity (Wildman–Crippen MR) is 52.2 cm³/mol. The van der Waals surface area contributed by atoms with Crippen LogP contribution in [0.3, 0.4) is 0 Å². The molecule has 78 valence electrons. The lowest BCUT2D eigenvalue weighted by Gasteiger charge is -2.45. The average Bonchev–Trinajstić information content (AvgIpc) is 1.98. The van der Waals surface area contributed by atoms with Gasteiger partial charge < -0.3 is 15.9 Å². The van der Waals surface area contributed by atoms with Gasteiger partial charge in [-0.25, -0.2) is 0 Å². The molecule has 1 rings (SSSR count). The van der Waals surface area contributed by atoms with Crippen molar-refractivity contribution in [3.05, 3.63) is 0 Å². The van der Waals surface area contributed by atoms with Crippen LogP contribution in [-0.4, -0.2) is 27.5 Å². The number of hydrogen-bond donors (Lipinski definition) is 3. The molecule has 3 heteroatoms. The third-order valence-electron chi connectivity index (χ3n) is 3.51. The van der Waals surface area contributed by atoms with E-state index < -0.39 is 11.2 Å². The summed E-state index contributed by atoms with van der Waals surface area (Å²) in [6.45, 7) is 5.73. The summed E-state index contributed by atoms with van der Waals surface area (Å²) in [5.41, 5.74) is 4.33. The Kier molecular flexibility index (Phi) is 2.72. The van der Waals surface area contributed by atoms with E-state index in [1.165, 1.54) is 0 Å². The third-order valence-corrected chi connectivity index (χ3v) is 3.51. The fourth-order valence-electron chi connectivity index (χ4n) is 1.88. The highest BCUT2D eigenvalue weighted by atomic mass is 16.3. The van der Waals surface area contributed by atoms with Crippen LogP contribution in [0.4, 0.5) is 0 Å². The zero-order chi connectivity index (χ0) is 10.3. The molecule has 3 atom stereocenters. The van der Waals surface area contributed by atoms with Crippen molar-refractivity contribution in [3.8, 4) is 0 Å². The van der Waals surface area contributed by atoms with E-state index >= 15 is 0 Å². The first-order chi connectivity index (χ1) is 5.78. The molecule has 3 unspecified atom stereocenters. The highest BCUT2D eigenvalue weighted by Crippen LogP contribution is 2.38. The number of nitrogens with two attached hydrogens (primary N) is 1. The molecule has 1 saturated carbocycles. The van der Waals surface area contributed by atoms with E-state index in [1.807, 2.05) is 13.8 Å². The summed E-state index contributed by atoms with van der Waals surface area (Å²) in [5.74, 6) is 0.203. The zero-order valence-corrected chi connectivity index (χ0v) is 8.75. The van der Waals surface area contributed by atoms with Gasteiger partial charge in [0.1, 0.15) is 0 Å². The Bertz CT molecular complexity index is 191. The van der Waals surface area contributed by atoms with Gasteiger partial charge in [-0.3, -0.25) is 0 Å². The van der Waals surface area contributed by atoms with Gasteiger partial charge in [-0.05, 0) is 32.1 Å². The first-order valence-corrected chi connectivity index (χ1v) is 4.98. The van der Waals surface area contributed by atoms with Crippen molar-refractivity contribution in [2.45, 2.75) is 57.3 Å². The summed E-state index contributed by atoms with van der Waals surface area (Å²) in [5, 5.41) is 20.0. The Hall–Kier alpha value is -0.120. The molecule has 3 nitrogen and oxygen atoms in total. The van der Waals surface area contributed by atoms with Gasteiger partial charge in [-0.1, -0.05) is 13.8 Å². The monoisotopic (exact) mass is 187 g/mol. The highest BCUT2D eigenvalue weighted by Gasteiger charge is 2.44. The van der Waals surface area contributed by atoms with E-state index in [1.54, 1.807) is 6.92 Å². The van der Waals surface area contributed by atoms with Crippen molar-refractivity contribution in [2.24, 2.45) is 11.7 Å². The smallest absolute Gasteiger partial charge is 0.0772 e. The first kappa shape index (κ1) is 11.0. The van der Waals surface area contributed by atoms with Crippen molar-refractivity contribution in [1.82, 2.24) is 0 Å². The van der Waals surface area contributed by atoms with Crippen LogP contribution < -0.4 is 5.73 Å². The molecule has 0 aromatic carbocycles. The van der Waals surface area contributed by atoms with Gasteiger partial charge in [0, 0.05) is 6.04 Å². The maximum absolute atomic E-state index is 10.2. The fourth-order valence-corrected chi connectivity index (χ4v) is 1.88. The topological polar surface area (TPSA) is 66.5 Å². The van der Waals surface area contributed by atoms with Crippen molar-refractivity contribution in [2.75, 3.05) is 0 Å². The first-order valence-electron chi connectivity index (χ1n) is 4.98. The van der Waals surface area contributed by atoms with Crippen LogP contribution in [-0.2, 0) is 0 Å². The molecular weight excluding hydrogens is 166 g/mol. The Morgan fingerprint density at radius 3 is 2.23 bits per heavy atom. The fraction of sp³-hybridized carbons (Fsp3) is 1.00. The minimum atomic E-state index is -0.804. The number of rotatable bonds is 1. The quantitative estimate of drug-likeness (QED) is 0.564. The van der Waals surface area contributed by atoms with E-state index in [4.69, 9.17) is 5.73 Å². The van der Waals surface area contributed by atoms with Crippen LogP contribution in [0.15, 0.2) is 0 Å². The molecule has 1 aliphatic carbocycles. The summed E-state index contributed by atoms with van der Waals surface area (Å²) >= 11 is 0. The molecule has 4 N–H and O–H groups in total. The Labute approximate surface area is 79.9 Å². The van der Waals surface area contributed by atoms with Gasteiger partial charge in [-0.15, -0.1) is 0 Å². The minimum absolute atomic E-state index is 0.203. The number of aliphatic hydroxyl groups is 2. The Morgan fingerprint density at radius 1 is 1.31 bits per heavy atom. The van der Waals surface area contributed by atoms with Crippen LogP contribution in [0.25, 0.3) is 0 Å². The van der Waals surface area contributed by atoms with E-state index in [2.05, 4.69) is 0 Å². The lowest BCUT2D eigenvalue weighted by Crippen LogP contribution is -2.57. The van der Waals surface area contributed by atoms with Crippen LogP contribution in [0.2, 0.25) is 0 Å². The molecule has 0 heterocycles. The number of hydrogen-bond acceptors (Lipinski definition) is 3. The molecule has 1 aliphatic rings. The van der Waals surface area contributed by atoms with Crippen molar-refractivity contribution in [3.63, 3.8) is 0 Å². The lowest BCUT2D eigenvalue weighted by molar-refractivity contribution is -0.106. The lowest BCUT2D eigenvalue weighted by atomic mass is 9.69. The standard InChI is InChI=1S/C10H21NO2/c1-7(2)10(13)5-4-9(3,12)8(11)6-10/h7-8,12-13H,4-6,11H2,1-3H3. The molecule has 0 aromatic rings. The summed E-state index contributed by atoms with van der Waals surface area (Å²) < 4.78 is 0. The molecule has 1 fully saturated rings. The molecule has 0 amide bonds. The average molecular weight is 187 g/mol. The predicted octanol–water partition coefficient (Wildman–Crippen LogP) is 0.636. The summed E-state index contributed by atoms with van der Waals surface area (Å²) in [4.78, 5) is 0. The SMILES string of the molecule is CC(C)C1(O)CCC(C)(O)C(N)C1. The second-order valence-electron chi connectivity index (χ2n) is 4.93. The van der Waals surface area contributed by atoms with Gasteiger partial charge in [0.15, 0.2) is 0 Å². The van der Waals surface area contributed by atoms with E-state index in [0.717, 1.165) is 0 Å². The Balaban J connectivity index is 2.70. The van der Waals surface area contributed by atoms with Crippen LogP contribution >= 0.6 is 0 Å². The zero-order valence-electron chi connectivity index (χ0n) is 8.75. The summed E-state index contributed by atoms with van der Waals surface area (Å²) in [6.07, 6.45) is 1.73. The molecule has 0 radical (unpaired) electrons. The Morgan fingerprint density at radius 2 is 1.85 bits per heavy atom. The summed E-state index contributed by atoms with van der Waals surface area (Å²) in [7, 11) is 0. The largest absolute Gasteiger partial charge is 0.390 e. The van der Waals surface area contributed by atoms with Gasteiger partial charge >= 0.3 is 0 Å². The molecule has 0 spiro atoms. The van der Waals surface area contributed by atoms with Crippen LogP contribution in [0, 0.1) is 5.92 Å². The molecule has 0 aromatic heterocycles. The second-order valence-corrected chi connectivity index (χ2v) is 4.93. The van der Waals surface area contributed by atoms with Crippen molar-refractivity contribution < 1.29 is 10.2 Å². The van der Waals surface area contributed by atoms with Gasteiger partial charge in [0.05, 0.1) is 11.2 Å². The van der Waals surface area contributed by atoms with Gasteiger partial charge in [0.2, 0.25) is 0 Å². The van der Waals surface area contributed by atoms with Crippen LogP contribution in [0.5, 0.6) is 0 Å². The van der Waals surface area contributed by atoms with Gasteiger partial charge in [0.25, 0.3) is 0 Å².